The largest absolute Gasteiger partial charge is 0.292 e. The smallest absolute Gasteiger partial charge is 0.0613 e. The van der Waals surface area contributed by atoms with Crippen LogP contribution in [0.5, 0.6) is 0 Å². The minimum absolute atomic E-state index is 0. The summed E-state index contributed by atoms with van der Waals surface area (Å²) in [7, 11) is 0. The van der Waals surface area contributed by atoms with Crippen LogP contribution in [0.4, 0.5) is 0 Å². The number of rotatable bonds is 1. The van der Waals surface area contributed by atoms with E-state index < -0.39 is 0 Å². The van der Waals surface area contributed by atoms with Crippen molar-refractivity contribution >= 4 is 24.6 Å². The van der Waals surface area contributed by atoms with Crippen molar-refractivity contribution in [3.8, 4) is 0 Å². The summed E-state index contributed by atoms with van der Waals surface area (Å²) in [6.45, 7) is 2.43. The molecule has 0 bridgehead atoms. The van der Waals surface area contributed by atoms with Crippen LogP contribution < -0.4 is 0 Å². The Morgan fingerprint density at radius 2 is 1.18 bits per heavy atom. The van der Waals surface area contributed by atoms with Crippen LogP contribution in [0, 0.1) is 0 Å². The zero-order valence-corrected chi connectivity index (χ0v) is 13.6. The highest BCUT2D eigenvalue weighted by Crippen LogP contribution is 2.37. The summed E-state index contributed by atoms with van der Waals surface area (Å²) in [6.07, 6.45) is 8.59. The first-order chi connectivity index (χ1) is 10.4. The molecule has 2 aromatic rings. The second kappa shape index (κ2) is 6.68. The minimum Gasteiger partial charge on any atom is -0.292 e. The number of piperidine rings is 1. The monoisotopic (exact) mass is 311 g/mol. The van der Waals surface area contributed by atoms with Crippen LogP contribution >= 0.6 is 12.4 Å². The molecule has 22 heavy (non-hydrogen) atoms. The number of benzene rings is 2. The Kier molecular flexibility index (Phi) is 4.66. The average Bonchev–Trinajstić information content (AvgIpc) is 2.72. The van der Waals surface area contributed by atoms with Crippen LogP contribution in [0.3, 0.4) is 0 Å². The molecular formula is C20H22ClN. The van der Waals surface area contributed by atoms with E-state index in [2.05, 4.69) is 65.6 Å². The van der Waals surface area contributed by atoms with Gasteiger partial charge >= 0.3 is 0 Å². The Labute approximate surface area is 139 Å². The predicted octanol–water partition coefficient (Wildman–Crippen LogP) is 5.17. The lowest BCUT2D eigenvalue weighted by molar-refractivity contribution is 0.187. The van der Waals surface area contributed by atoms with E-state index in [1.807, 2.05) is 0 Å². The third-order valence-electron chi connectivity index (χ3n) is 4.78. The molecule has 1 aliphatic carbocycles. The maximum absolute atomic E-state index is 2.67. The number of fused-ring (bicyclic) bond motifs is 2. The summed E-state index contributed by atoms with van der Waals surface area (Å²) in [5.41, 5.74) is 5.65. The molecule has 1 nitrogen and oxygen atoms in total. The molecule has 1 fully saturated rings. The predicted molar refractivity (Wildman–Crippen MR) is 96.3 cm³/mol. The number of hydrogen-bond donors (Lipinski definition) is 0. The molecule has 2 aliphatic rings. The highest BCUT2D eigenvalue weighted by molar-refractivity contribution is 5.85. The lowest BCUT2D eigenvalue weighted by atomic mass is 9.91. The van der Waals surface area contributed by atoms with Crippen molar-refractivity contribution in [3.63, 3.8) is 0 Å². The molecule has 0 atom stereocenters. The summed E-state index contributed by atoms with van der Waals surface area (Å²) < 4.78 is 0. The van der Waals surface area contributed by atoms with Gasteiger partial charge in [0.15, 0.2) is 0 Å². The number of nitrogens with zero attached hydrogens (tertiary/aromatic N) is 1. The van der Waals surface area contributed by atoms with Gasteiger partial charge in [-0.05, 0) is 48.2 Å². The third-order valence-corrected chi connectivity index (χ3v) is 4.78. The molecule has 2 heteroatoms. The molecule has 0 aromatic heterocycles. The maximum atomic E-state index is 2.67. The molecule has 1 saturated heterocycles. The van der Waals surface area contributed by atoms with Gasteiger partial charge in [0.2, 0.25) is 0 Å². The highest BCUT2D eigenvalue weighted by Gasteiger charge is 2.27. The normalized spacial score (nSPS) is 18.0. The summed E-state index contributed by atoms with van der Waals surface area (Å²) in [5.74, 6) is 0. The topological polar surface area (TPSA) is 3.24 Å². The fraction of sp³-hybridized carbons (Fsp3) is 0.300. The van der Waals surface area contributed by atoms with E-state index in [1.165, 1.54) is 54.6 Å². The highest BCUT2D eigenvalue weighted by atomic mass is 35.5. The van der Waals surface area contributed by atoms with Crippen molar-refractivity contribution in [2.75, 3.05) is 13.1 Å². The van der Waals surface area contributed by atoms with Gasteiger partial charge in [-0.2, -0.15) is 0 Å². The SMILES string of the molecule is C1=Cc2ccccc2C(N2CCCCC2)c2ccccc21.Cl. The van der Waals surface area contributed by atoms with Gasteiger partial charge in [-0.15, -0.1) is 12.4 Å². The second-order valence-corrected chi connectivity index (χ2v) is 6.09. The molecule has 1 aliphatic heterocycles. The van der Waals surface area contributed by atoms with E-state index in [0.717, 1.165) is 0 Å². The molecule has 0 spiro atoms. The third kappa shape index (κ3) is 2.71. The van der Waals surface area contributed by atoms with Gasteiger partial charge in [-0.25, -0.2) is 0 Å². The Bertz CT molecular complexity index is 621. The fourth-order valence-electron chi connectivity index (χ4n) is 3.74. The molecule has 1 heterocycles. The first-order valence-corrected chi connectivity index (χ1v) is 8.03. The number of hydrogen-bond acceptors (Lipinski definition) is 1. The zero-order chi connectivity index (χ0) is 14.1. The van der Waals surface area contributed by atoms with E-state index in [1.54, 1.807) is 0 Å². The van der Waals surface area contributed by atoms with Crippen LogP contribution in [-0.4, -0.2) is 18.0 Å². The van der Waals surface area contributed by atoms with E-state index in [9.17, 15) is 0 Å². The Hall–Kier alpha value is -1.57. The van der Waals surface area contributed by atoms with Gasteiger partial charge in [-0.3, -0.25) is 4.90 Å². The Morgan fingerprint density at radius 1 is 0.682 bits per heavy atom. The summed E-state index contributed by atoms with van der Waals surface area (Å²) in [4.78, 5) is 2.67. The maximum Gasteiger partial charge on any atom is 0.0613 e. The van der Waals surface area contributed by atoms with Gasteiger partial charge in [-0.1, -0.05) is 67.1 Å². The molecule has 0 radical (unpaired) electrons. The van der Waals surface area contributed by atoms with Crippen LogP contribution in [0.15, 0.2) is 48.5 Å². The minimum atomic E-state index is 0. The van der Waals surface area contributed by atoms with Gasteiger partial charge in [0.25, 0.3) is 0 Å². The summed E-state index contributed by atoms with van der Waals surface area (Å²) in [5, 5.41) is 0. The van der Waals surface area contributed by atoms with Crippen LogP contribution in [0.25, 0.3) is 12.2 Å². The zero-order valence-electron chi connectivity index (χ0n) is 12.7. The van der Waals surface area contributed by atoms with E-state index in [4.69, 9.17) is 0 Å². The van der Waals surface area contributed by atoms with Crippen molar-refractivity contribution in [1.29, 1.82) is 0 Å². The van der Waals surface area contributed by atoms with Crippen LogP contribution in [0.1, 0.15) is 47.6 Å². The van der Waals surface area contributed by atoms with Crippen molar-refractivity contribution in [2.45, 2.75) is 25.3 Å². The number of halogens is 1. The van der Waals surface area contributed by atoms with Crippen molar-refractivity contribution in [1.82, 2.24) is 4.90 Å². The van der Waals surface area contributed by atoms with E-state index >= 15 is 0 Å². The van der Waals surface area contributed by atoms with E-state index in [-0.39, 0.29) is 12.4 Å². The summed E-state index contributed by atoms with van der Waals surface area (Å²) in [6, 6.07) is 18.2. The van der Waals surface area contributed by atoms with Crippen molar-refractivity contribution in [2.24, 2.45) is 0 Å². The standard InChI is InChI=1S/C20H21N.ClH/c1-6-14-21(15-7-1)20-18-10-4-2-8-16(18)12-13-17-9-3-5-11-19(17)20;/h2-5,8-13,20H,1,6-7,14-15H2;1H. The van der Waals surface area contributed by atoms with Crippen molar-refractivity contribution in [3.05, 3.63) is 70.8 Å². The molecule has 0 N–H and O–H groups in total. The molecule has 0 saturated carbocycles. The first kappa shape index (κ1) is 15.3. The molecule has 114 valence electrons. The fourth-order valence-corrected chi connectivity index (χ4v) is 3.74. The first-order valence-electron chi connectivity index (χ1n) is 8.03. The molecular weight excluding hydrogens is 290 g/mol. The van der Waals surface area contributed by atoms with Gasteiger partial charge in [0.1, 0.15) is 0 Å². The quantitative estimate of drug-likeness (QED) is 0.702. The average molecular weight is 312 g/mol. The molecule has 2 aromatic carbocycles. The van der Waals surface area contributed by atoms with Gasteiger partial charge < -0.3 is 0 Å². The molecule has 0 amide bonds. The Morgan fingerprint density at radius 3 is 1.73 bits per heavy atom. The lowest BCUT2D eigenvalue weighted by Crippen LogP contribution is -2.34. The molecule has 4 rings (SSSR count). The van der Waals surface area contributed by atoms with Crippen molar-refractivity contribution < 1.29 is 0 Å². The second-order valence-electron chi connectivity index (χ2n) is 6.09. The summed E-state index contributed by atoms with van der Waals surface area (Å²) >= 11 is 0. The van der Waals surface area contributed by atoms with Crippen LogP contribution in [-0.2, 0) is 0 Å². The Balaban J connectivity index is 0.00000144. The van der Waals surface area contributed by atoms with Gasteiger partial charge in [0.05, 0.1) is 6.04 Å². The lowest BCUT2D eigenvalue weighted by Gasteiger charge is -2.36. The van der Waals surface area contributed by atoms with Gasteiger partial charge in [0, 0.05) is 0 Å². The van der Waals surface area contributed by atoms with E-state index in [0.29, 0.717) is 6.04 Å². The van der Waals surface area contributed by atoms with Crippen LogP contribution in [0.2, 0.25) is 0 Å². The number of likely N-dealkylation sites (tertiary alicyclic amines) is 1. The molecule has 0 unspecified atom stereocenters.